The molecule has 0 atom stereocenters. The lowest BCUT2D eigenvalue weighted by atomic mass is 10.5. The van der Waals surface area contributed by atoms with Crippen molar-refractivity contribution in [1.29, 1.82) is 0 Å². The van der Waals surface area contributed by atoms with Crippen molar-refractivity contribution in [3.63, 3.8) is 0 Å². The van der Waals surface area contributed by atoms with Crippen molar-refractivity contribution >= 4 is 15.8 Å². The van der Waals surface area contributed by atoms with Crippen LogP contribution in [0.2, 0.25) is 0 Å². The van der Waals surface area contributed by atoms with E-state index in [4.69, 9.17) is 12.2 Å². The van der Waals surface area contributed by atoms with E-state index in [1.165, 1.54) is 18.3 Å². The zero-order valence-electron chi connectivity index (χ0n) is 7.97. The van der Waals surface area contributed by atoms with Crippen molar-refractivity contribution in [3.05, 3.63) is 18.3 Å². The summed E-state index contributed by atoms with van der Waals surface area (Å²) in [7, 11) is -3.60. The number of nitrogens with two attached hydrogens (primary N) is 1. The number of sulfonamides is 1. The van der Waals surface area contributed by atoms with Crippen molar-refractivity contribution in [2.45, 2.75) is 11.3 Å². The largest absolute Gasteiger partial charge is 0.383 e. The van der Waals surface area contributed by atoms with Gasteiger partial charge in [0.25, 0.3) is 0 Å². The molecule has 1 aromatic heterocycles. The molecule has 80 valence electrons. The zero-order chi connectivity index (χ0) is 11.3. The first kappa shape index (κ1) is 11.5. The number of anilines is 1. The van der Waals surface area contributed by atoms with Crippen molar-refractivity contribution in [2.24, 2.45) is 0 Å². The molecule has 1 aromatic rings. The molecule has 0 aliphatic carbocycles. The fourth-order valence-electron chi connectivity index (χ4n) is 0.965. The summed E-state index contributed by atoms with van der Waals surface area (Å²) in [6.45, 7) is 0.188. The summed E-state index contributed by atoms with van der Waals surface area (Å²) < 4.78 is 25.6. The molecule has 0 saturated heterocycles. The predicted molar refractivity (Wildman–Crippen MR) is 57.3 cm³/mol. The molecule has 0 saturated carbocycles. The van der Waals surface area contributed by atoms with Crippen LogP contribution in [-0.4, -0.2) is 19.9 Å². The van der Waals surface area contributed by atoms with Crippen molar-refractivity contribution < 1.29 is 8.42 Å². The number of rotatable bonds is 4. The number of pyridine rings is 1. The number of terminal acetylenes is 1. The van der Waals surface area contributed by atoms with E-state index in [0.29, 0.717) is 6.42 Å². The molecule has 6 heteroatoms. The predicted octanol–water partition coefficient (Wildman–Crippen LogP) is -0.0346. The third-order valence-corrected chi connectivity index (χ3v) is 3.16. The lowest BCUT2D eigenvalue weighted by molar-refractivity contribution is 0.582. The Bertz CT molecular complexity index is 476. The molecule has 0 aliphatic heterocycles. The van der Waals surface area contributed by atoms with E-state index in [2.05, 4.69) is 15.6 Å². The molecule has 0 fully saturated rings. The molecule has 15 heavy (non-hydrogen) atoms. The molecular formula is C9H11N3O2S. The molecule has 0 radical (unpaired) electrons. The Balaban J connectivity index is 2.88. The van der Waals surface area contributed by atoms with Gasteiger partial charge in [-0.1, -0.05) is 0 Å². The molecule has 0 spiro atoms. The molecule has 0 aliphatic rings. The minimum atomic E-state index is -3.60. The van der Waals surface area contributed by atoms with Crippen LogP contribution in [0.4, 0.5) is 5.82 Å². The topological polar surface area (TPSA) is 85.1 Å². The normalized spacial score (nSPS) is 10.9. The Morgan fingerprint density at radius 3 is 2.93 bits per heavy atom. The van der Waals surface area contributed by atoms with Gasteiger partial charge in [0.2, 0.25) is 10.0 Å². The van der Waals surface area contributed by atoms with Gasteiger partial charge in [-0.2, -0.15) is 0 Å². The maximum Gasteiger partial charge on any atom is 0.244 e. The van der Waals surface area contributed by atoms with E-state index in [1.54, 1.807) is 0 Å². The summed E-state index contributed by atoms with van der Waals surface area (Å²) in [6, 6.07) is 2.90. The van der Waals surface area contributed by atoms with Crippen LogP contribution < -0.4 is 10.5 Å². The van der Waals surface area contributed by atoms with Crippen LogP contribution in [0.1, 0.15) is 6.42 Å². The second-order valence-corrected chi connectivity index (χ2v) is 4.47. The number of aromatic nitrogens is 1. The van der Waals surface area contributed by atoms with Gasteiger partial charge in [-0.3, -0.25) is 0 Å². The Hall–Kier alpha value is -1.58. The summed E-state index contributed by atoms with van der Waals surface area (Å²) in [5, 5.41) is 0. The number of hydrogen-bond donors (Lipinski definition) is 2. The average molecular weight is 225 g/mol. The fourth-order valence-corrected chi connectivity index (χ4v) is 2.08. The molecule has 1 rings (SSSR count). The molecule has 3 N–H and O–H groups in total. The highest BCUT2D eigenvalue weighted by atomic mass is 32.2. The summed E-state index contributed by atoms with van der Waals surface area (Å²) in [4.78, 5) is 3.67. The van der Waals surface area contributed by atoms with E-state index in [9.17, 15) is 8.42 Å². The minimum absolute atomic E-state index is 0.0225. The molecule has 0 aromatic carbocycles. The van der Waals surface area contributed by atoms with Crippen molar-refractivity contribution in [2.75, 3.05) is 12.3 Å². The van der Waals surface area contributed by atoms with Crippen LogP contribution in [0.3, 0.4) is 0 Å². The van der Waals surface area contributed by atoms with E-state index >= 15 is 0 Å². The highest BCUT2D eigenvalue weighted by Crippen LogP contribution is 2.13. The first-order valence-corrected chi connectivity index (χ1v) is 5.70. The van der Waals surface area contributed by atoms with Gasteiger partial charge in [0.1, 0.15) is 10.7 Å². The minimum Gasteiger partial charge on any atom is -0.383 e. The van der Waals surface area contributed by atoms with Crippen LogP contribution in [-0.2, 0) is 10.0 Å². The van der Waals surface area contributed by atoms with Gasteiger partial charge in [0.15, 0.2) is 0 Å². The second-order valence-electron chi connectivity index (χ2n) is 2.74. The zero-order valence-corrected chi connectivity index (χ0v) is 8.79. The van der Waals surface area contributed by atoms with Crippen molar-refractivity contribution in [1.82, 2.24) is 9.71 Å². The first-order chi connectivity index (χ1) is 7.08. The van der Waals surface area contributed by atoms with Gasteiger partial charge in [-0.25, -0.2) is 18.1 Å². The van der Waals surface area contributed by atoms with Crippen LogP contribution >= 0.6 is 0 Å². The molecule has 5 nitrogen and oxygen atoms in total. The van der Waals surface area contributed by atoms with Gasteiger partial charge in [-0.15, -0.1) is 12.3 Å². The van der Waals surface area contributed by atoms with Crippen LogP contribution in [0, 0.1) is 12.3 Å². The number of nitrogen functional groups attached to an aromatic ring is 1. The van der Waals surface area contributed by atoms with Crippen LogP contribution in [0.5, 0.6) is 0 Å². The van der Waals surface area contributed by atoms with E-state index in [1.807, 2.05) is 0 Å². The molecule has 0 unspecified atom stereocenters. The Kier molecular flexibility index (Phi) is 3.66. The maximum absolute atomic E-state index is 11.6. The number of hydrogen-bond acceptors (Lipinski definition) is 4. The average Bonchev–Trinajstić information content (AvgIpc) is 2.18. The molecule has 0 amide bonds. The van der Waals surface area contributed by atoms with E-state index in [-0.39, 0.29) is 17.3 Å². The van der Waals surface area contributed by atoms with Gasteiger partial charge in [-0.05, 0) is 12.1 Å². The monoisotopic (exact) mass is 225 g/mol. The molecule has 1 heterocycles. The number of nitrogens with zero attached hydrogens (tertiary/aromatic N) is 1. The smallest absolute Gasteiger partial charge is 0.244 e. The lowest BCUT2D eigenvalue weighted by Crippen LogP contribution is -2.25. The lowest BCUT2D eigenvalue weighted by Gasteiger charge is -2.06. The summed E-state index contributed by atoms with van der Waals surface area (Å²) in [6.07, 6.45) is 6.76. The van der Waals surface area contributed by atoms with Gasteiger partial charge >= 0.3 is 0 Å². The van der Waals surface area contributed by atoms with Gasteiger partial charge in [0, 0.05) is 19.2 Å². The van der Waals surface area contributed by atoms with Crippen molar-refractivity contribution in [3.8, 4) is 12.3 Å². The summed E-state index contributed by atoms with van der Waals surface area (Å²) >= 11 is 0. The second kappa shape index (κ2) is 4.77. The molecule has 0 bridgehead atoms. The van der Waals surface area contributed by atoms with Crippen LogP contribution in [0.15, 0.2) is 23.2 Å². The number of nitrogens with one attached hydrogen (secondary N) is 1. The quantitative estimate of drug-likeness (QED) is 0.556. The Labute approximate surface area is 88.8 Å². The standard InChI is InChI=1S/C9H11N3O2S/c1-2-3-7-12-15(13,14)8-5-4-6-11-9(8)10/h1,4-6,12H,3,7H2,(H2,10,11). The molecular weight excluding hydrogens is 214 g/mol. The summed E-state index contributed by atoms with van der Waals surface area (Å²) in [5.74, 6) is 2.31. The van der Waals surface area contributed by atoms with E-state index in [0.717, 1.165) is 0 Å². The highest BCUT2D eigenvalue weighted by molar-refractivity contribution is 7.89. The third-order valence-electron chi connectivity index (χ3n) is 1.65. The van der Waals surface area contributed by atoms with Crippen LogP contribution in [0.25, 0.3) is 0 Å². The maximum atomic E-state index is 11.6. The Morgan fingerprint density at radius 2 is 2.33 bits per heavy atom. The fraction of sp³-hybridized carbons (Fsp3) is 0.222. The summed E-state index contributed by atoms with van der Waals surface area (Å²) in [5.41, 5.74) is 5.44. The Morgan fingerprint density at radius 1 is 1.60 bits per heavy atom. The highest BCUT2D eigenvalue weighted by Gasteiger charge is 2.16. The third kappa shape index (κ3) is 2.94. The SMILES string of the molecule is C#CCCNS(=O)(=O)c1cccnc1N. The van der Waals surface area contributed by atoms with Gasteiger partial charge in [0.05, 0.1) is 0 Å². The van der Waals surface area contributed by atoms with Gasteiger partial charge < -0.3 is 5.73 Å². The van der Waals surface area contributed by atoms with E-state index < -0.39 is 10.0 Å². The first-order valence-electron chi connectivity index (χ1n) is 4.21.